The number of nitrogens with zero attached hydrogens (tertiary/aromatic N) is 1. The van der Waals surface area contributed by atoms with Gasteiger partial charge in [-0.1, -0.05) is 24.3 Å². The second-order valence-electron chi connectivity index (χ2n) is 7.65. The van der Waals surface area contributed by atoms with Crippen LogP contribution in [0.1, 0.15) is 51.6 Å². The zero-order valence-corrected chi connectivity index (χ0v) is 17.3. The maximum atomic E-state index is 12.7. The smallest absolute Gasteiger partial charge is 0.261 e. The molecule has 29 heavy (non-hydrogen) atoms. The minimum Gasteiger partial charge on any atom is -0.345 e. The molecule has 0 radical (unpaired) electrons. The lowest BCUT2D eigenvalue weighted by molar-refractivity contribution is 0.0931. The van der Waals surface area contributed by atoms with E-state index in [1.807, 2.05) is 25.2 Å². The fourth-order valence-corrected chi connectivity index (χ4v) is 4.63. The molecule has 1 amide bonds. The Kier molecular flexibility index (Phi) is 5.92. The predicted octanol–water partition coefficient (Wildman–Crippen LogP) is 3.88. The van der Waals surface area contributed by atoms with Gasteiger partial charge in [-0.25, -0.2) is 0 Å². The van der Waals surface area contributed by atoms with Crippen molar-refractivity contribution in [2.45, 2.75) is 38.4 Å². The number of hydrogen-bond donors (Lipinski definition) is 2. The molecule has 4 rings (SSSR count). The van der Waals surface area contributed by atoms with Crippen LogP contribution >= 0.6 is 11.3 Å². The third kappa shape index (κ3) is 4.66. The van der Waals surface area contributed by atoms with Crippen molar-refractivity contribution in [1.82, 2.24) is 15.2 Å². The summed E-state index contributed by atoms with van der Waals surface area (Å²) >= 11 is 1.68. The Labute approximate surface area is 174 Å². The summed E-state index contributed by atoms with van der Waals surface area (Å²) in [6, 6.07) is 13.7. The topological polar surface area (TPSA) is 65.2 Å². The summed E-state index contributed by atoms with van der Waals surface area (Å²) in [6.07, 6.45) is 2.97. The van der Waals surface area contributed by atoms with E-state index in [1.165, 1.54) is 11.1 Å². The number of aromatic amines is 1. The van der Waals surface area contributed by atoms with Crippen LogP contribution in [0, 0.1) is 0 Å². The van der Waals surface area contributed by atoms with Gasteiger partial charge in [-0.15, -0.1) is 0 Å². The molecule has 1 aliphatic carbocycles. The summed E-state index contributed by atoms with van der Waals surface area (Å²) in [5.74, 6) is -0.314. The van der Waals surface area contributed by atoms with Crippen LogP contribution in [0.4, 0.5) is 0 Å². The Morgan fingerprint density at radius 3 is 2.86 bits per heavy atom. The van der Waals surface area contributed by atoms with Crippen molar-refractivity contribution in [3.63, 3.8) is 0 Å². The zero-order chi connectivity index (χ0) is 20.2. The number of fused-ring (bicyclic) bond motifs is 1. The molecule has 2 N–H and O–H groups in total. The molecular formula is C23H25N3O2S. The van der Waals surface area contributed by atoms with Crippen molar-refractivity contribution in [2.75, 3.05) is 7.05 Å². The van der Waals surface area contributed by atoms with Gasteiger partial charge in [0, 0.05) is 18.8 Å². The molecule has 0 bridgehead atoms. The SMILES string of the molecule is CN(Cc1ccsc1)Cc1ccc(C(=O)N[C@H]2CCCc3ccccc32)c(=O)[nH]1. The highest BCUT2D eigenvalue weighted by Gasteiger charge is 2.23. The van der Waals surface area contributed by atoms with Gasteiger partial charge in [0.2, 0.25) is 0 Å². The minimum absolute atomic E-state index is 0.0386. The highest BCUT2D eigenvalue weighted by atomic mass is 32.1. The summed E-state index contributed by atoms with van der Waals surface area (Å²) < 4.78 is 0. The quantitative estimate of drug-likeness (QED) is 0.652. The van der Waals surface area contributed by atoms with Crippen molar-refractivity contribution >= 4 is 17.2 Å². The van der Waals surface area contributed by atoms with E-state index in [9.17, 15) is 9.59 Å². The average molecular weight is 408 g/mol. The summed E-state index contributed by atoms with van der Waals surface area (Å²) in [6.45, 7) is 1.43. The number of nitrogens with one attached hydrogen (secondary N) is 2. The fraction of sp³-hybridized carbons (Fsp3) is 0.304. The molecule has 0 aliphatic heterocycles. The van der Waals surface area contributed by atoms with Gasteiger partial charge in [-0.3, -0.25) is 14.5 Å². The molecule has 6 heteroatoms. The molecule has 2 aromatic heterocycles. The van der Waals surface area contributed by atoms with E-state index >= 15 is 0 Å². The second-order valence-corrected chi connectivity index (χ2v) is 8.43. The number of aromatic nitrogens is 1. The number of benzene rings is 1. The lowest BCUT2D eigenvalue weighted by Crippen LogP contribution is -2.34. The first-order chi connectivity index (χ1) is 14.1. The van der Waals surface area contributed by atoms with Crippen molar-refractivity contribution < 1.29 is 4.79 Å². The van der Waals surface area contributed by atoms with Crippen LogP contribution in [0.25, 0.3) is 0 Å². The van der Waals surface area contributed by atoms with Gasteiger partial charge in [0.25, 0.3) is 11.5 Å². The van der Waals surface area contributed by atoms with Crippen LogP contribution in [0.3, 0.4) is 0 Å². The lowest BCUT2D eigenvalue weighted by Gasteiger charge is -2.26. The number of carbonyl (C=O) groups is 1. The molecule has 1 aliphatic rings. The number of H-pyrrole nitrogens is 1. The predicted molar refractivity (Wildman–Crippen MR) is 116 cm³/mol. The Bertz CT molecular complexity index is 1040. The number of amides is 1. The zero-order valence-electron chi connectivity index (χ0n) is 16.5. The molecule has 0 saturated carbocycles. The first kappa shape index (κ1) is 19.6. The molecule has 0 unspecified atom stereocenters. The van der Waals surface area contributed by atoms with E-state index in [0.717, 1.165) is 37.1 Å². The van der Waals surface area contributed by atoms with E-state index in [0.29, 0.717) is 6.54 Å². The Morgan fingerprint density at radius 2 is 2.07 bits per heavy atom. The summed E-state index contributed by atoms with van der Waals surface area (Å²) in [4.78, 5) is 30.3. The van der Waals surface area contributed by atoms with E-state index in [1.54, 1.807) is 17.4 Å². The molecule has 0 spiro atoms. The molecule has 150 valence electrons. The molecule has 1 aromatic carbocycles. The van der Waals surface area contributed by atoms with Crippen LogP contribution in [-0.4, -0.2) is 22.8 Å². The number of aryl methyl sites for hydroxylation is 1. The number of carbonyl (C=O) groups excluding carboxylic acids is 1. The second kappa shape index (κ2) is 8.76. The van der Waals surface area contributed by atoms with E-state index in [-0.39, 0.29) is 23.1 Å². The van der Waals surface area contributed by atoms with Gasteiger partial charge in [-0.2, -0.15) is 11.3 Å². The lowest BCUT2D eigenvalue weighted by atomic mass is 9.87. The Hall–Kier alpha value is -2.70. The van der Waals surface area contributed by atoms with Crippen LogP contribution in [0.15, 0.2) is 58.0 Å². The van der Waals surface area contributed by atoms with E-state index in [4.69, 9.17) is 0 Å². The summed E-state index contributed by atoms with van der Waals surface area (Å²) in [5.41, 5.74) is 4.32. The summed E-state index contributed by atoms with van der Waals surface area (Å²) in [5, 5.41) is 7.23. The standard InChI is InChI=1S/C23H25N3O2S/c1-26(13-16-11-12-29-15-16)14-18-9-10-20(22(27)24-18)23(28)25-21-8-4-6-17-5-2-3-7-19(17)21/h2-3,5,7,9-12,15,21H,4,6,8,13-14H2,1H3,(H,24,27)(H,25,28)/t21-/m0/s1. The molecule has 5 nitrogen and oxygen atoms in total. The number of thiophene rings is 1. The maximum absolute atomic E-state index is 12.7. The first-order valence-electron chi connectivity index (χ1n) is 9.90. The third-order valence-electron chi connectivity index (χ3n) is 5.36. The molecule has 2 heterocycles. The minimum atomic E-state index is -0.340. The molecule has 0 saturated heterocycles. The largest absolute Gasteiger partial charge is 0.345 e. The Morgan fingerprint density at radius 1 is 1.21 bits per heavy atom. The van der Waals surface area contributed by atoms with Gasteiger partial charge >= 0.3 is 0 Å². The van der Waals surface area contributed by atoms with E-state index in [2.05, 4.69) is 44.2 Å². The molecule has 1 atom stereocenters. The van der Waals surface area contributed by atoms with Gasteiger partial charge < -0.3 is 10.3 Å². The number of hydrogen-bond acceptors (Lipinski definition) is 4. The Balaban J connectivity index is 1.43. The van der Waals surface area contributed by atoms with Crippen molar-refractivity contribution in [3.8, 4) is 0 Å². The fourth-order valence-electron chi connectivity index (χ4n) is 3.97. The third-order valence-corrected chi connectivity index (χ3v) is 6.09. The van der Waals surface area contributed by atoms with Gasteiger partial charge in [-0.05, 0) is 72.0 Å². The van der Waals surface area contributed by atoms with Gasteiger partial charge in [0.15, 0.2) is 0 Å². The average Bonchev–Trinajstić information content (AvgIpc) is 3.21. The first-order valence-corrected chi connectivity index (χ1v) is 10.8. The highest BCUT2D eigenvalue weighted by Crippen LogP contribution is 2.29. The van der Waals surface area contributed by atoms with Gasteiger partial charge in [0.1, 0.15) is 5.56 Å². The molecule has 3 aromatic rings. The summed E-state index contributed by atoms with van der Waals surface area (Å²) in [7, 11) is 2.01. The molecule has 0 fully saturated rings. The van der Waals surface area contributed by atoms with Crippen molar-refractivity contribution in [3.05, 3.63) is 91.5 Å². The number of rotatable bonds is 6. The number of pyridine rings is 1. The van der Waals surface area contributed by atoms with E-state index < -0.39 is 0 Å². The maximum Gasteiger partial charge on any atom is 0.261 e. The van der Waals surface area contributed by atoms with Gasteiger partial charge in [0.05, 0.1) is 6.04 Å². The van der Waals surface area contributed by atoms with Crippen molar-refractivity contribution in [2.24, 2.45) is 0 Å². The van der Waals surface area contributed by atoms with Crippen LogP contribution in [0.5, 0.6) is 0 Å². The van der Waals surface area contributed by atoms with Crippen LogP contribution in [0.2, 0.25) is 0 Å². The van der Waals surface area contributed by atoms with Crippen LogP contribution < -0.4 is 10.9 Å². The van der Waals surface area contributed by atoms with Crippen molar-refractivity contribution in [1.29, 1.82) is 0 Å². The highest BCUT2D eigenvalue weighted by molar-refractivity contribution is 7.07. The monoisotopic (exact) mass is 407 g/mol. The van der Waals surface area contributed by atoms with Crippen LogP contribution in [-0.2, 0) is 19.5 Å². The normalized spacial score (nSPS) is 15.9. The molecular weight excluding hydrogens is 382 g/mol.